The van der Waals surface area contributed by atoms with E-state index in [-0.39, 0.29) is 11.5 Å². The third-order valence-corrected chi connectivity index (χ3v) is 3.85. The van der Waals surface area contributed by atoms with Crippen molar-refractivity contribution in [3.63, 3.8) is 0 Å². The molecule has 1 aromatic carbocycles. The fourth-order valence-corrected chi connectivity index (χ4v) is 2.62. The van der Waals surface area contributed by atoms with E-state index >= 15 is 0 Å². The maximum atomic E-state index is 11.8. The minimum atomic E-state index is -3.64. The molecule has 1 unspecified atom stereocenters. The van der Waals surface area contributed by atoms with E-state index in [1.54, 1.807) is 13.8 Å². The van der Waals surface area contributed by atoms with E-state index in [2.05, 4.69) is 4.72 Å². The number of nitriles is 1. The van der Waals surface area contributed by atoms with Crippen LogP contribution in [0.3, 0.4) is 0 Å². The van der Waals surface area contributed by atoms with Crippen LogP contribution in [0.15, 0.2) is 23.1 Å². The van der Waals surface area contributed by atoms with Crippen LogP contribution in [0, 0.1) is 18.3 Å². The largest absolute Gasteiger partial charge is 0.395 e. The summed E-state index contributed by atoms with van der Waals surface area (Å²) >= 11 is 0. The molecular weight excluding hydrogens is 240 g/mol. The summed E-state index contributed by atoms with van der Waals surface area (Å²) in [5.41, 5.74) is 1.05. The van der Waals surface area contributed by atoms with Crippen molar-refractivity contribution in [3.8, 4) is 6.07 Å². The molecule has 6 heteroatoms. The molecule has 1 aromatic rings. The highest BCUT2D eigenvalue weighted by molar-refractivity contribution is 7.89. The third kappa shape index (κ3) is 3.27. The summed E-state index contributed by atoms with van der Waals surface area (Å²) < 4.78 is 26.0. The second kappa shape index (κ2) is 5.27. The Morgan fingerprint density at radius 1 is 1.53 bits per heavy atom. The number of aryl methyl sites for hydroxylation is 1. The molecule has 0 bridgehead atoms. The number of aliphatic hydroxyl groups excluding tert-OH is 1. The lowest BCUT2D eigenvalue weighted by atomic mass is 10.1. The van der Waals surface area contributed by atoms with Gasteiger partial charge in [-0.05, 0) is 37.6 Å². The Kier molecular flexibility index (Phi) is 4.23. The number of hydrogen-bond donors (Lipinski definition) is 2. The van der Waals surface area contributed by atoms with Crippen LogP contribution in [0.2, 0.25) is 0 Å². The van der Waals surface area contributed by atoms with Gasteiger partial charge < -0.3 is 5.11 Å². The molecule has 92 valence electrons. The highest BCUT2D eigenvalue weighted by Gasteiger charge is 2.17. The zero-order chi connectivity index (χ0) is 13.1. The van der Waals surface area contributed by atoms with Crippen LogP contribution in [-0.4, -0.2) is 26.2 Å². The second-order valence-electron chi connectivity index (χ2n) is 3.79. The van der Waals surface area contributed by atoms with E-state index < -0.39 is 16.1 Å². The molecule has 0 amide bonds. The van der Waals surface area contributed by atoms with Crippen molar-refractivity contribution < 1.29 is 13.5 Å². The molecule has 1 atom stereocenters. The number of hydrogen-bond acceptors (Lipinski definition) is 4. The maximum absolute atomic E-state index is 11.8. The summed E-state index contributed by atoms with van der Waals surface area (Å²) in [6, 6.07) is 5.70. The molecule has 0 fully saturated rings. The van der Waals surface area contributed by atoms with Crippen LogP contribution in [0.4, 0.5) is 0 Å². The van der Waals surface area contributed by atoms with Gasteiger partial charge in [-0.3, -0.25) is 0 Å². The van der Waals surface area contributed by atoms with Crippen molar-refractivity contribution >= 4 is 10.0 Å². The number of sulfonamides is 1. The molecule has 0 spiro atoms. The molecule has 0 radical (unpaired) electrons. The number of benzene rings is 1. The number of nitrogens with one attached hydrogen (secondary N) is 1. The molecule has 17 heavy (non-hydrogen) atoms. The van der Waals surface area contributed by atoms with Gasteiger partial charge in [0.2, 0.25) is 10.0 Å². The first-order valence-corrected chi connectivity index (χ1v) is 6.53. The van der Waals surface area contributed by atoms with E-state index in [4.69, 9.17) is 10.4 Å². The molecular formula is C11H14N2O3S. The van der Waals surface area contributed by atoms with Crippen LogP contribution < -0.4 is 4.72 Å². The van der Waals surface area contributed by atoms with E-state index in [9.17, 15) is 8.42 Å². The number of nitrogens with zero attached hydrogens (tertiary/aromatic N) is 1. The van der Waals surface area contributed by atoms with Gasteiger partial charge in [0.15, 0.2) is 0 Å². The standard InChI is InChI=1S/C11H14N2O3S/c1-8-5-11(4-3-10(8)6-12)17(15,16)13-9(2)7-14/h3-5,9,13-14H,7H2,1-2H3. The molecule has 1 rings (SSSR count). The van der Waals surface area contributed by atoms with Crippen LogP contribution in [0.5, 0.6) is 0 Å². The van der Waals surface area contributed by atoms with Gasteiger partial charge >= 0.3 is 0 Å². The zero-order valence-corrected chi connectivity index (χ0v) is 10.5. The molecule has 0 aliphatic rings. The molecule has 0 aliphatic heterocycles. The van der Waals surface area contributed by atoms with Gasteiger partial charge in [0, 0.05) is 6.04 Å². The summed E-state index contributed by atoms with van der Waals surface area (Å²) in [4.78, 5) is 0.0919. The predicted molar refractivity (Wildman–Crippen MR) is 62.8 cm³/mol. The molecule has 0 heterocycles. The lowest BCUT2D eigenvalue weighted by Gasteiger charge is -2.12. The van der Waals surface area contributed by atoms with E-state index in [0.717, 1.165) is 0 Å². The Morgan fingerprint density at radius 2 is 2.18 bits per heavy atom. The second-order valence-corrected chi connectivity index (χ2v) is 5.51. The number of rotatable bonds is 4. The highest BCUT2D eigenvalue weighted by Crippen LogP contribution is 2.14. The van der Waals surface area contributed by atoms with Crippen LogP contribution in [-0.2, 0) is 10.0 Å². The Hall–Kier alpha value is -1.42. The highest BCUT2D eigenvalue weighted by atomic mass is 32.2. The Bertz CT molecular complexity index is 546. The lowest BCUT2D eigenvalue weighted by molar-refractivity contribution is 0.265. The Morgan fingerprint density at radius 3 is 2.65 bits per heavy atom. The quantitative estimate of drug-likeness (QED) is 0.820. The first kappa shape index (κ1) is 13.6. The SMILES string of the molecule is Cc1cc(S(=O)(=O)NC(C)CO)ccc1C#N. The van der Waals surface area contributed by atoms with E-state index in [1.165, 1.54) is 18.2 Å². The average Bonchev–Trinajstić information content (AvgIpc) is 2.28. The van der Waals surface area contributed by atoms with E-state index in [0.29, 0.717) is 11.1 Å². The molecule has 5 nitrogen and oxygen atoms in total. The third-order valence-electron chi connectivity index (χ3n) is 2.26. The van der Waals surface area contributed by atoms with Gasteiger partial charge in [0.25, 0.3) is 0 Å². The van der Waals surface area contributed by atoms with Gasteiger partial charge in [-0.15, -0.1) is 0 Å². The fraction of sp³-hybridized carbons (Fsp3) is 0.364. The van der Waals surface area contributed by atoms with Crippen molar-refractivity contribution in [2.75, 3.05) is 6.61 Å². The van der Waals surface area contributed by atoms with Crippen LogP contribution >= 0.6 is 0 Å². The first-order valence-electron chi connectivity index (χ1n) is 5.04. The van der Waals surface area contributed by atoms with Crippen molar-refractivity contribution in [2.24, 2.45) is 0 Å². The maximum Gasteiger partial charge on any atom is 0.240 e. The Balaban J connectivity index is 3.09. The van der Waals surface area contributed by atoms with E-state index in [1.807, 2.05) is 6.07 Å². The van der Waals surface area contributed by atoms with Gasteiger partial charge in [-0.2, -0.15) is 5.26 Å². The van der Waals surface area contributed by atoms with Crippen molar-refractivity contribution in [1.82, 2.24) is 4.72 Å². The molecule has 0 aliphatic carbocycles. The van der Waals surface area contributed by atoms with Crippen LogP contribution in [0.1, 0.15) is 18.1 Å². The van der Waals surface area contributed by atoms with Gasteiger partial charge in [0.1, 0.15) is 0 Å². The number of aliphatic hydroxyl groups is 1. The monoisotopic (exact) mass is 254 g/mol. The smallest absolute Gasteiger partial charge is 0.240 e. The molecule has 0 aromatic heterocycles. The molecule has 0 saturated carbocycles. The van der Waals surface area contributed by atoms with Crippen molar-refractivity contribution in [2.45, 2.75) is 24.8 Å². The van der Waals surface area contributed by atoms with Crippen molar-refractivity contribution in [3.05, 3.63) is 29.3 Å². The Labute approximate surface area is 101 Å². The van der Waals surface area contributed by atoms with Crippen molar-refractivity contribution in [1.29, 1.82) is 5.26 Å². The molecule has 2 N–H and O–H groups in total. The zero-order valence-electron chi connectivity index (χ0n) is 9.64. The minimum absolute atomic E-state index is 0.0919. The summed E-state index contributed by atoms with van der Waals surface area (Å²) in [6.07, 6.45) is 0. The van der Waals surface area contributed by atoms with Crippen LogP contribution in [0.25, 0.3) is 0 Å². The van der Waals surface area contributed by atoms with Gasteiger partial charge in [0.05, 0.1) is 23.1 Å². The average molecular weight is 254 g/mol. The summed E-state index contributed by atoms with van der Waals surface area (Å²) in [5.74, 6) is 0. The van der Waals surface area contributed by atoms with Gasteiger partial charge in [-0.25, -0.2) is 13.1 Å². The summed E-state index contributed by atoms with van der Waals surface area (Å²) in [6.45, 7) is 2.97. The topological polar surface area (TPSA) is 90.2 Å². The lowest BCUT2D eigenvalue weighted by Crippen LogP contribution is -2.35. The summed E-state index contributed by atoms with van der Waals surface area (Å²) in [5, 5.41) is 17.6. The normalized spacial score (nSPS) is 13.1. The molecule has 0 saturated heterocycles. The van der Waals surface area contributed by atoms with Gasteiger partial charge in [-0.1, -0.05) is 0 Å². The fourth-order valence-electron chi connectivity index (χ4n) is 1.30. The summed E-state index contributed by atoms with van der Waals surface area (Å²) in [7, 11) is -3.64. The predicted octanol–water partition coefficient (Wildman–Crippen LogP) is 0.526. The first-order chi connectivity index (χ1) is 7.90. The minimum Gasteiger partial charge on any atom is -0.395 e.